The maximum absolute atomic E-state index is 11.8. The van der Waals surface area contributed by atoms with Crippen LogP contribution in [0.2, 0.25) is 0 Å². The summed E-state index contributed by atoms with van der Waals surface area (Å²) in [5.41, 5.74) is 11.6. The van der Waals surface area contributed by atoms with E-state index in [2.05, 4.69) is 92.1 Å². The Morgan fingerprint density at radius 1 is 0.662 bits per heavy atom. The van der Waals surface area contributed by atoms with E-state index >= 15 is 0 Å². The van der Waals surface area contributed by atoms with Gasteiger partial charge in [0.25, 0.3) is 0 Å². The molecule has 0 unspecified atom stereocenters. The largest absolute Gasteiger partial charge is 1.00 e. The van der Waals surface area contributed by atoms with Crippen LogP contribution in [0, 0.1) is 0 Å². The molecule has 0 bridgehead atoms. The second-order valence-corrected chi connectivity index (χ2v) is 16.5. The van der Waals surface area contributed by atoms with Gasteiger partial charge in [0.2, 0.25) is 5.36 Å². The van der Waals surface area contributed by atoms with Crippen molar-refractivity contribution in [1.82, 2.24) is 4.58 Å². The molecule has 2 heterocycles. The second-order valence-electron chi connectivity index (χ2n) is 15.7. The van der Waals surface area contributed by atoms with Crippen LogP contribution in [0.3, 0.4) is 0 Å². The van der Waals surface area contributed by atoms with E-state index in [-0.39, 0.29) is 87.9 Å². The third-order valence-corrected chi connectivity index (χ3v) is 10.9. The van der Waals surface area contributed by atoms with Crippen LogP contribution in [0.1, 0.15) is 52.2 Å². The molecule has 2 aliphatic heterocycles. The number of alkyl halides is 2. The number of methoxy groups -OCH3 is 2. The number of ether oxygens (including phenoxy) is 3. The number of halogens is 3. The number of esters is 2. The molecule has 355 valence electrons. The normalized spacial score (nSPS) is 10.6. The molecule has 0 aromatic heterocycles. The minimum Gasteiger partial charge on any atom is -1.00 e. The van der Waals surface area contributed by atoms with Crippen molar-refractivity contribution in [2.45, 2.75) is 13.3 Å². The third-order valence-electron chi connectivity index (χ3n) is 10.9. The van der Waals surface area contributed by atoms with E-state index in [4.69, 9.17) is 41.8 Å². The summed E-state index contributed by atoms with van der Waals surface area (Å²) in [4.78, 5) is 29.9. The number of fused-ring (bicyclic) bond motifs is 4. The Morgan fingerprint density at radius 2 is 1.10 bits per heavy atom. The Labute approximate surface area is 442 Å². The molecule has 11 nitrogen and oxygen atoms in total. The van der Waals surface area contributed by atoms with Gasteiger partial charge in [-0.25, -0.2) is 14.2 Å². The zero-order valence-corrected chi connectivity index (χ0v) is 44.0. The van der Waals surface area contributed by atoms with Gasteiger partial charge in [0, 0.05) is 126 Å². The number of hydrogen-bond acceptors (Lipinski definition) is 9. The van der Waals surface area contributed by atoms with Crippen molar-refractivity contribution in [3.8, 4) is 33.9 Å². The third kappa shape index (κ3) is 13.5. The zero-order chi connectivity index (χ0) is 45.5. The van der Waals surface area contributed by atoms with Crippen LogP contribution in [-0.4, -0.2) is 102 Å². The maximum atomic E-state index is 11.8. The fourth-order valence-corrected chi connectivity index (χ4v) is 7.46. The fraction of sp³-hybridized carbons (Fsp3) is 0.250. The maximum Gasteiger partial charge on any atom is 1.00 e. The molecule has 5 aromatic rings. The molecule has 2 N–H and O–H groups in total. The summed E-state index contributed by atoms with van der Waals surface area (Å²) in [5, 5.41) is 2.29. The van der Waals surface area contributed by atoms with Gasteiger partial charge < -0.3 is 52.6 Å². The number of carbonyl (C=O) groups is 2. The molecule has 0 saturated heterocycles. The smallest absolute Gasteiger partial charge is 1.00 e. The first-order valence-electron chi connectivity index (χ1n) is 20.2. The zero-order valence-electron chi connectivity index (χ0n) is 40.8. The summed E-state index contributed by atoms with van der Waals surface area (Å²) in [5.74, 6) is 1.86. The van der Waals surface area contributed by atoms with E-state index in [0.717, 1.165) is 84.0 Å². The Morgan fingerprint density at radius 3 is 1.54 bits per heavy atom. The van der Waals surface area contributed by atoms with Crippen molar-refractivity contribution in [2.75, 3.05) is 90.6 Å². The SMILES string of the molecule is C.COC(=O)c1ccc(-c2c3ccc(=[N+](C)C)cc-3oc3cc(N(C)C)ccc23)cc1.COC(=O)c1ccc(C2c3ccc(N(C)C)cc3Oc3cc(N(C)C)ccc32)cc1.ClCCl.O.[B].[Cl-].[H-].[Na+]. The number of hydrogen-bond donors (Lipinski definition) is 0. The monoisotopic (exact) mass is 991 g/mol. The van der Waals surface area contributed by atoms with E-state index in [0.29, 0.717) is 11.1 Å². The molecular formula is C52H60BCl3N4NaO7. The predicted octanol–water partition coefficient (Wildman–Crippen LogP) is 3.95. The summed E-state index contributed by atoms with van der Waals surface area (Å²) in [7, 11) is 18.9. The van der Waals surface area contributed by atoms with Gasteiger partial charge in [0.15, 0.2) is 0 Å². The summed E-state index contributed by atoms with van der Waals surface area (Å²) < 4.78 is 24.4. The number of nitrogens with zero attached hydrogens (tertiary/aromatic N) is 4. The van der Waals surface area contributed by atoms with Gasteiger partial charge in [-0.2, -0.15) is 0 Å². The molecule has 1 aliphatic carbocycles. The average Bonchev–Trinajstić information content (AvgIpc) is 3.29. The van der Waals surface area contributed by atoms with Crippen molar-refractivity contribution >= 4 is 71.6 Å². The minimum absolute atomic E-state index is 0. The van der Waals surface area contributed by atoms with Gasteiger partial charge in [0.1, 0.15) is 36.9 Å². The molecular weight excluding hydrogens is 933 g/mol. The first-order chi connectivity index (χ1) is 30.2. The number of benzene rings is 6. The van der Waals surface area contributed by atoms with Crippen LogP contribution in [0.15, 0.2) is 126 Å². The quantitative estimate of drug-likeness (QED) is 0.0770. The summed E-state index contributed by atoms with van der Waals surface area (Å²) in [6.45, 7) is 0. The van der Waals surface area contributed by atoms with Gasteiger partial charge in [-0.05, 0) is 65.7 Å². The topological polar surface area (TPSA) is 119 Å². The number of carbonyl (C=O) groups excluding carboxylic acids is 2. The second kappa shape index (κ2) is 27.1. The Balaban J connectivity index is 0.00000117. The molecule has 0 amide bonds. The molecule has 0 saturated carbocycles. The molecule has 5 aromatic carbocycles. The molecule has 0 spiro atoms. The summed E-state index contributed by atoms with van der Waals surface area (Å²) >= 11 is 9.53. The van der Waals surface area contributed by atoms with Crippen LogP contribution in [0.5, 0.6) is 11.5 Å². The van der Waals surface area contributed by atoms with E-state index in [1.165, 1.54) is 14.2 Å². The van der Waals surface area contributed by atoms with Crippen LogP contribution in [0.25, 0.3) is 33.4 Å². The average molecular weight is 993 g/mol. The van der Waals surface area contributed by atoms with Crippen molar-refractivity contribution in [1.29, 1.82) is 0 Å². The molecule has 3 aliphatic rings. The molecule has 8 rings (SSSR count). The summed E-state index contributed by atoms with van der Waals surface area (Å²) in [6.07, 6.45) is 0. The molecule has 0 fully saturated rings. The Hall–Kier alpha value is -5.18. The van der Waals surface area contributed by atoms with Gasteiger partial charge in [-0.3, -0.25) is 0 Å². The van der Waals surface area contributed by atoms with Crippen LogP contribution < -0.4 is 71.3 Å². The van der Waals surface area contributed by atoms with Gasteiger partial charge in [-0.1, -0.05) is 43.8 Å². The molecule has 68 heavy (non-hydrogen) atoms. The molecule has 0 atom stereocenters. The minimum atomic E-state index is -0.342. The first-order valence-corrected chi connectivity index (χ1v) is 21.2. The Bertz CT molecular complexity index is 2750. The van der Waals surface area contributed by atoms with E-state index in [1.807, 2.05) is 92.8 Å². The van der Waals surface area contributed by atoms with Crippen molar-refractivity contribution < 1.29 is 77.1 Å². The van der Waals surface area contributed by atoms with Gasteiger partial charge in [0.05, 0.1) is 36.8 Å². The number of anilines is 3. The van der Waals surface area contributed by atoms with Crippen LogP contribution in [0.4, 0.5) is 17.1 Å². The van der Waals surface area contributed by atoms with Gasteiger partial charge in [-0.15, -0.1) is 23.2 Å². The van der Waals surface area contributed by atoms with Crippen molar-refractivity contribution in [3.05, 3.63) is 155 Å². The molecule has 16 heteroatoms. The van der Waals surface area contributed by atoms with Crippen molar-refractivity contribution in [2.24, 2.45) is 0 Å². The van der Waals surface area contributed by atoms with E-state index < -0.39 is 0 Å². The summed E-state index contributed by atoms with van der Waals surface area (Å²) in [6, 6.07) is 40.3. The van der Waals surface area contributed by atoms with Crippen molar-refractivity contribution in [3.63, 3.8) is 0 Å². The first kappa shape index (κ1) is 60.8. The predicted molar refractivity (Wildman–Crippen MR) is 275 cm³/mol. The Kier molecular flexibility index (Phi) is 24.3. The van der Waals surface area contributed by atoms with E-state index in [1.54, 1.807) is 12.1 Å². The number of rotatable bonds is 7. The van der Waals surface area contributed by atoms with Crippen LogP contribution in [-0.2, 0) is 9.47 Å². The van der Waals surface area contributed by atoms with E-state index in [9.17, 15) is 9.59 Å². The molecule has 3 radical (unpaired) electrons. The van der Waals surface area contributed by atoms with Gasteiger partial charge >= 0.3 is 41.5 Å². The van der Waals surface area contributed by atoms with Crippen LogP contribution >= 0.6 is 23.2 Å². The fourth-order valence-electron chi connectivity index (χ4n) is 7.46. The standard InChI is InChI=1S/C25H26N2O3.C25H25N2O3.CH2Cl2.CH4.B.ClH.Na.H2O.H/c2*1-26(2)18-10-12-20-22(14-18)30-23-15-19(27(3)4)11-13-21(23)24(20)16-6-8-17(9-7-16)25(28)29-5;2-1-3;;;;;;/h6-15,24H,1-5H3;6-15H,1-5H3;1H2;1H4;;1H;;1H2;/q;+1;;;;;+1;;-1/p-1.